The van der Waals surface area contributed by atoms with Crippen LogP contribution >= 0.6 is 0 Å². The standard InChI is InChI=1S/C18H20N2O5/c1-11-9-17(23-2)25-16-10-14(7-8-15(11)16)24-13-5-3-12(4-6-13)19-18(21)20-22/h3-8,10-11,17,22H,9H2,1-2H3,(H2,19,20,21). The van der Waals surface area contributed by atoms with Gasteiger partial charge in [-0.05, 0) is 41.8 Å². The topological polar surface area (TPSA) is 89.1 Å². The molecule has 3 N–H and O–H groups in total. The lowest BCUT2D eigenvalue weighted by Crippen LogP contribution is -2.26. The van der Waals surface area contributed by atoms with Crippen molar-refractivity contribution in [3.63, 3.8) is 0 Å². The number of fused-ring (bicyclic) bond motifs is 1. The maximum absolute atomic E-state index is 11.0. The lowest BCUT2D eigenvalue weighted by atomic mass is 9.94. The number of carbonyl (C=O) groups is 1. The van der Waals surface area contributed by atoms with Crippen molar-refractivity contribution >= 4 is 11.7 Å². The fourth-order valence-corrected chi connectivity index (χ4v) is 2.74. The fraction of sp³-hybridized carbons (Fsp3) is 0.278. The first-order chi connectivity index (χ1) is 12.1. The molecule has 0 saturated carbocycles. The Bertz CT molecular complexity index is 748. The Labute approximate surface area is 145 Å². The number of ether oxygens (including phenoxy) is 3. The first-order valence-corrected chi connectivity index (χ1v) is 7.91. The van der Waals surface area contributed by atoms with Gasteiger partial charge in [0.15, 0.2) is 6.29 Å². The molecule has 1 heterocycles. The van der Waals surface area contributed by atoms with E-state index < -0.39 is 6.03 Å². The predicted octanol–water partition coefficient (Wildman–Crippen LogP) is 3.85. The van der Waals surface area contributed by atoms with Crippen molar-refractivity contribution in [3.05, 3.63) is 48.0 Å². The molecule has 132 valence electrons. The summed E-state index contributed by atoms with van der Waals surface area (Å²) < 4.78 is 17.0. The smallest absolute Gasteiger partial charge is 0.342 e. The Balaban J connectivity index is 1.72. The van der Waals surface area contributed by atoms with E-state index in [1.165, 1.54) is 5.48 Å². The number of methoxy groups -OCH3 is 1. The van der Waals surface area contributed by atoms with Crippen molar-refractivity contribution in [3.8, 4) is 17.2 Å². The van der Waals surface area contributed by atoms with Gasteiger partial charge in [0.2, 0.25) is 0 Å². The molecule has 0 aromatic heterocycles. The van der Waals surface area contributed by atoms with E-state index in [4.69, 9.17) is 19.4 Å². The summed E-state index contributed by atoms with van der Waals surface area (Å²) in [5, 5.41) is 10.9. The molecule has 0 fully saturated rings. The van der Waals surface area contributed by atoms with E-state index in [0.717, 1.165) is 17.7 Å². The van der Waals surface area contributed by atoms with Gasteiger partial charge >= 0.3 is 6.03 Å². The van der Waals surface area contributed by atoms with Gasteiger partial charge in [0.25, 0.3) is 0 Å². The molecule has 1 aliphatic heterocycles. The number of hydroxylamine groups is 1. The van der Waals surface area contributed by atoms with Crippen LogP contribution in [0.15, 0.2) is 42.5 Å². The summed E-state index contributed by atoms with van der Waals surface area (Å²) in [6.07, 6.45) is 0.570. The van der Waals surface area contributed by atoms with Crippen molar-refractivity contribution < 1.29 is 24.2 Å². The molecule has 2 atom stereocenters. The van der Waals surface area contributed by atoms with Crippen molar-refractivity contribution in [2.24, 2.45) is 0 Å². The average Bonchev–Trinajstić information content (AvgIpc) is 2.62. The third kappa shape index (κ3) is 4.01. The molecule has 2 aromatic carbocycles. The molecular formula is C18H20N2O5. The van der Waals surface area contributed by atoms with E-state index in [9.17, 15) is 4.79 Å². The summed E-state index contributed by atoms with van der Waals surface area (Å²) in [5.41, 5.74) is 3.17. The first-order valence-electron chi connectivity index (χ1n) is 7.91. The second-order valence-electron chi connectivity index (χ2n) is 5.81. The van der Waals surface area contributed by atoms with E-state index in [0.29, 0.717) is 23.1 Å². The van der Waals surface area contributed by atoms with Gasteiger partial charge in [0, 0.05) is 25.3 Å². The quantitative estimate of drug-likeness (QED) is 0.579. The number of hydrogen-bond donors (Lipinski definition) is 3. The van der Waals surface area contributed by atoms with Crippen LogP contribution in [0.3, 0.4) is 0 Å². The lowest BCUT2D eigenvalue weighted by Gasteiger charge is -2.29. The normalized spacial score (nSPS) is 18.7. The Morgan fingerprint density at radius 3 is 2.60 bits per heavy atom. The van der Waals surface area contributed by atoms with E-state index in [1.54, 1.807) is 31.4 Å². The molecule has 7 nitrogen and oxygen atoms in total. The molecule has 0 radical (unpaired) electrons. The zero-order valence-corrected chi connectivity index (χ0v) is 14.0. The van der Waals surface area contributed by atoms with Crippen LogP contribution in [0.25, 0.3) is 0 Å². The van der Waals surface area contributed by atoms with Crippen LogP contribution < -0.4 is 20.3 Å². The monoisotopic (exact) mass is 344 g/mol. The van der Waals surface area contributed by atoms with Gasteiger partial charge < -0.3 is 19.5 Å². The number of rotatable bonds is 4. The molecule has 2 unspecified atom stereocenters. The number of urea groups is 1. The molecule has 2 aromatic rings. The summed E-state index contributed by atoms with van der Waals surface area (Å²) in [4.78, 5) is 11.0. The highest BCUT2D eigenvalue weighted by atomic mass is 16.7. The molecule has 2 amide bonds. The van der Waals surface area contributed by atoms with E-state index in [2.05, 4.69) is 12.2 Å². The van der Waals surface area contributed by atoms with Gasteiger partial charge in [-0.2, -0.15) is 0 Å². The van der Waals surface area contributed by atoms with Crippen LogP contribution in [0, 0.1) is 0 Å². The zero-order chi connectivity index (χ0) is 17.8. The number of anilines is 1. The number of amides is 2. The van der Waals surface area contributed by atoms with Gasteiger partial charge in [-0.15, -0.1) is 0 Å². The Hall–Kier alpha value is -2.77. The fourth-order valence-electron chi connectivity index (χ4n) is 2.74. The molecule has 0 spiro atoms. The van der Waals surface area contributed by atoms with Crippen molar-refractivity contribution in [1.82, 2.24) is 5.48 Å². The average molecular weight is 344 g/mol. The van der Waals surface area contributed by atoms with Crippen LogP contribution in [0.4, 0.5) is 10.5 Å². The molecule has 0 bridgehead atoms. The van der Waals surface area contributed by atoms with E-state index in [1.807, 2.05) is 18.2 Å². The maximum Gasteiger partial charge on any atom is 0.342 e. The van der Waals surface area contributed by atoms with E-state index in [-0.39, 0.29) is 6.29 Å². The minimum Gasteiger partial charge on any atom is -0.465 e. The summed E-state index contributed by atoms with van der Waals surface area (Å²) in [6, 6.07) is 11.8. The minimum absolute atomic E-state index is 0.249. The van der Waals surface area contributed by atoms with Crippen LogP contribution in [0.1, 0.15) is 24.8 Å². The summed E-state index contributed by atoms with van der Waals surface area (Å²) in [7, 11) is 1.63. The SMILES string of the molecule is COC1CC(C)c2ccc(Oc3ccc(NC(=O)NO)cc3)cc2O1. The van der Waals surface area contributed by atoms with Crippen molar-refractivity contribution in [2.75, 3.05) is 12.4 Å². The molecule has 25 heavy (non-hydrogen) atoms. The summed E-state index contributed by atoms with van der Waals surface area (Å²) >= 11 is 0. The Kier molecular flexibility index (Phi) is 5.06. The molecule has 0 saturated heterocycles. The van der Waals surface area contributed by atoms with Gasteiger partial charge in [-0.3, -0.25) is 5.21 Å². The van der Waals surface area contributed by atoms with Gasteiger partial charge in [-0.1, -0.05) is 13.0 Å². The predicted molar refractivity (Wildman–Crippen MR) is 91.4 cm³/mol. The summed E-state index contributed by atoms with van der Waals surface area (Å²) in [5.74, 6) is 2.38. The van der Waals surface area contributed by atoms with E-state index >= 15 is 0 Å². The maximum atomic E-state index is 11.0. The number of carbonyl (C=O) groups excluding carboxylic acids is 1. The lowest BCUT2D eigenvalue weighted by molar-refractivity contribution is -0.0703. The molecule has 0 aliphatic carbocycles. The van der Waals surface area contributed by atoms with Crippen LogP contribution in [0.5, 0.6) is 17.2 Å². The van der Waals surface area contributed by atoms with Crippen LogP contribution in [0.2, 0.25) is 0 Å². The highest BCUT2D eigenvalue weighted by molar-refractivity contribution is 5.88. The number of hydrogen-bond acceptors (Lipinski definition) is 5. The number of benzene rings is 2. The molecule has 3 rings (SSSR count). The molecular weight excluding hydrogens is 324 g/mol. The van der Waals surface area contributed by atoms with Gasteiger partial charge in [0.05, 0.1) is 0 Å². The first kappa shape index (κ1) is 17.1. The van der Waals surface area contributed by atoms with Crippen LogP contribution in [-0.2, 0) is 4.74 Å². The van der Waals surface area contributed by atoms with Crippen molar-refractivity contribution in [2.45, 2.75) is 25.6 Å². The minimum atomic E-state index is -0.706. The zero-order valence-electron chi connectivity index (χ0n) is 14.0. The Morgan fingerprint density at radius 1 is 1.20 bits per heavy atom. The van der Waals surface area contributed by atoms with Crippen molar-refractivity contribution in [1.29, 1.82) is 0 Å². The largest absolute Gasteiger partial charge is 0.465 e. The molecule has 7 heteroatoms. The summed E-state index contributed by atoms with van der Waals surface area (Å²) in [6.45, 7) is 2.14. The second-order valence-corrected chi connectivity index (χ2v) is 5.81. The highest BCUT2D eigenvalue weighted by Crippen LogP contribution is 2.39. The van der Waals surface area contributed by atoms with Gasteiger partial charge in [0.1, 0.15) is 17.2 Å². The molecule has 1 aliphatic rings. The van der Waals surface area contributed by atoms with Crippen LogP contribution in [-0.4, -0.2) is 24.6 Å². The second kappa shape index (κ2) is 7.42. The third-order valence-corrected chi connectivity index (χ3v) is 4.03. The number of nitrogens with one attached hydrogen (secondary N) is 2. The van der Waals surface area contributed by atoms with Gasteiger partial charge in [-0.25, -0.2) is 10.3 Å². The Morgan fingerprint density at radius 2 is 1.92 bits per heavy atom. The third-order valence-electron chi connectivity index (χ3n) is 4.03. The highest BCUT2D eigenvalue weighted by Gasteiger charge is 2.25.